The van der Waals surface area contributed by atoms with Crippen molar-refractivity contribution >= 4 is 31.6 Å². The summed E-state index contributed by atoms with van der Waals surface area (Å²) in [5.41, 5.74) is 2.67. The van der Waals surface area contributed by atoms with Crippen LogP contribution in [-0.2, 0) is 10.0 Å². The topological polar surface area (TPSA) is 58.2 Å². The van der Waals surface area contributed by atoms with Crippen LogP contribution in [0.4, 0.5) is 5.69 Å². The summed E-state index contributed by atoms with van der Waals surface area (Å²) >= 11 is 3.42. The lowest BCUT2D eigenvalue weighted by Gasteiger charge is -2.13. The summed E-state index contributed by atoms with van der Waals surface area (Å²) in [5, 5.41) is 3.27. The van der Waals surface area contributed by atoms with E-state index in [0.29, 0.717) is 12.1 Å². The molecule has 4 nitrogen and oxygen atoms in total. The molecule has 0 amide bonds. The van der Waals surface area contributed by atoms with E-state index in [4.69, 9.17) is 0 Å². The van der Waals surface area contributed by atoms with Crippen LogP contribution in [0.2, 0.25) is 0 Å². The molecular weight excluding hydrogens is 352 g/mol. The maximum atomic E-state index is 12.1. The number of halogens is 1. The molecule has 0 saturated heterocycles. The van der Waals surface area contributed by atoms with E-state index in [2.05, 4.69) is 32.9 Å². The smallest absolute Gasteiger partial charge is 0.232 e. The van der Waals surface area contributed by atoms with E-state index in [1.54, 1.807) is 0 Å². The van der Waals surface area contributed by atoms with Crippen molar-refractivity contribution in [3.8, 4) is 0 Å². The van der Waals surface area contributed by atoms with E-state index in [9.17, 15) is 8.42 Å². The van der Waals surface area contributed by atoms with Gasteiger partial charge in [0.05, 0.1) is 11.4 Å². The molecule has 0 saturated carbocycles. The second-order valence-corrected chi connectivity index (χ2v) is 8.01. The highest BCUT2D eigenvalue weighted by atomic mass is 79.9. The van der Waals surface area contributed by atoms with E-state index in [-0.39, 0.29) is 5.75 Å². The zero-order valence-corrected chi connectivity index (χ0v) is 15.4. The number of aryl methyl sites for hydroxylation is 2. The number of nitrogens with one attached hydrogen (secondary N) is 2. The summed E-state index contributed by atoms with van der Waals surface area (Å²) in [4.78, 5) is 0. The van der Waals surface area contributed by atoms with Gasteiger partial charge in [0.2, 0.25) is 10.0 Å². The molecule has 0 radical (unpaired) electrons. The van der Waals surface area contributed by atoms with Crippen LogP contribution in [-0.4, -0.2) is 27.3 Å². The first-order valence-electron chi connectivity index (χ1n) is 7.33. The molecule has 120 valence electrons. The van der Waals surface area contributed by atoms with Gasteiger partial charge >= 0.3 is 0 Å². The molecule has 0 unspecified atom stereocenters. The lowest BCUT2D eigenvalue weighted by Crippen LogP contribution is -2.20. The van der Waals surface area contributed by atoms with Gasteiger partial charge in [-0.2, -0.15) is 0 Å². The quantitative estimate of drug-likeness (QED) is 0.647. The number of sulfonamides is 1. The molecule has 0 bridgehead atoms. The largest absolute Gasteiger partial charge is 0.317 e. The average Bonchev–Trinajstić information content (AvgIpc) is 2.38. The molecule has 0 atom stereocenters. The summed E-state index contributed by atoms with van der Waals surface area (Å²) in [6.45, 7) is 7.86. The van der Waals surface area contributed by atoms with Gasteiger partial charge in [-0.3, -0.25) is 4.72 Å². The zero-order valence-electron chi connectivity index (χ0n) is 13.0. The molecule has 21 heavy (non-hydrogen) atoms. The molecule has 0 spiro atoms. The normalized spacial score (nSPS) is 11.6. The maximum Gasteiger partial charge on any atom is 0.232 e. The Hall–Kier alpha value is -0.590. The summed E-state index contributed by atoms with van der Waals surface area (Å²) in [6.07, 6.45) is 2.63. The number of hydrogen-bond acceptors (Lipinski definition) is 3. The lowest BCUT2D eigenvalue weighted by molar-refractivity contribution is 0.590. The fraction of sp³-hybridized carbons (Fsp3) is 0.600. The second-order valence-electron chi connectivity index (χ2n) is 5.32. The molecular formula is C15H25BrN2O2S. The minimum Gasteiger partial charge on any atom is -0.317 e. The van der Waals surface area contributed by atoms with E-state index in [0.717, 1.165) is 41.5 Å². The first-order valence-corrected chi connectivity index (χ1v) is 9.78. The Morgan fingerprint density at radius 2 is 1.86 bits per heavy atom. The monoisotopic (exact) mass is 376 g/mol. The van der Waals surface area contributed by atoms with Gasteiger partial charge in [0.25, 0.3) is 0 Å². The predicted molar refractivity (Wildman–Crippen MR) is 93.4 cm³/mol. The van der Waals surface area contributed by atoms with Crippen molar-refractivity contribution in [1.82, 2.24) is 5.32 Å². The summed E-state index contributed by atoms with van der Waals surface area (Å²) in [6, 6.07) is 3.89. The molecule has 0 aliphatic rings. The molecule has 1 aromatic rings. The van der Waals surface area contributed by atoms with Gasteiger partial charge in [-0.15, -0.1) is 0 Å². The minimum atomic E-state index is -3.29. The van der Waals surface area contributed by atoms with E-state index in [1.165, 1.54) is 0 Å². The van der Waals surface area contributed by atoms with Gasteiger partial charge < -0.3 is 5.32 Å². The van der Waals surface area contributed by atoms with Crippen LogP contribution in [0.15, 0.2) is 16.6 Å². The Labute approximate surface area is 136 Å². The average molecular weight is 377 g/mol. The van der Waals surface area contributed by atoms with Crippen LogP contribution in [0, 0.1) is 13.8 Å². The molecule has 2 N–H and O–H groups in total. The van der Waals surface area contributed by atoms with Gasteiger partial charge in [0.15, 0.2) is 0 Å². The van der Waals surface area contributed by atoms with Gasteiger partial charge in [0, 0.05) is 4.47 Å². The summed E-state index contributed by atoms with van der Waals surface area (Å²) in [5.74, 6) is 0.153. The summed E-state index contributed by atoms with van der Waals surface area (Å²) in [7, 11) is -3.29. The Morgan fingerprint density at radius 1 is 1.14 bits per heavy atom. The van der Waals surface area contributed by atoms with Crippen molar-refractivity contribution in [3.05, 3.63) is 27.7 Å². The number of unbranched alkanes of at least 4 members (excludes halogenated alkanes) is 1. The number of rotatable bonds is 9. The van der Waals surface area contributed by atoms with Crippen molar-refractivity contribution in [2.24, 2.45) is 0 Å². The van der Waals surface area contributed by atoms with Gasteiger partial charge in [0.1, 0.15) is 0 Å². The molecule has 1 aromatic carbocycles. The minimum absolute atomic E-state index is 0.153. The highest BCUT2D eigenvalue weighted by molar-refractivity contribution is 9.10. The zero-order chi connectivity index (χ0) is 15.9. The highest BCUT2D eigenvalue weighted by Crippen LogP contribution is 2.28. The fourth-order valence-electron chi connectivity index (χ4n) is 2.10. The molecule has 0 aliphatic carbocycles. The van der Waals surface area contributed by atoms with Crippen molar-refractivity contribution in [2.45, 2.75) is 40.0 Å². The molecule has 0 aliphatic heterocycles. The Balaban J connectivity index is 2.53. The number of hydrogen-bond donors (Lipinski definition) is 2. The van der Waals surface area contributed by atoms with Gasteiger partial charge in [-0.25, -0.2) is 8.42 Å². The van der Waals surface area contributed by atoms with Crippen LogP contribution in [0.25, 0.3) is 0 Å². The van der Waals surface area contributed by atoms with E-state index >= 15 is 0 Å². The first-order chi connectivity index (χ1) is 9.85. The number of benzene rings is 1. The van der Waals surface area contributed by atoms with Crippen molar-refractivity contribution in [2.75, 3.05) is 23.6 Å². The van der Waals surface area contributed by atoms with Crippen LogP contribution in [0.3, 0.4) is 0 Å². The summed E-state index contributed by atoms with van der Waals surface area (Å²) < 4.78 is 27.7. The van der Waals surface area contributed by atoms with Crippen LogP contribution < -0.4 is 10.0 Å². The molecule has 0 heterocycles. The molecule has 0 aromatic heterocycles. The SMILES string of the molecule is CCCNCCCCS(=O)(=O)Nc1c(C)cc(C)cc1Br. The van der Waals surface area contributed by atoms with Crippen molar-refractivity contribution in [1.29, 1.82) is 0 Å². The third-order valence-electron chi connectivity index (χ3n) is 3.13. The Morgan fingerprint density at radius 3 is 2.48 bits per heavy atom. The highest BCUT2D eigenvalue weighted by Gasteiger charge is 2.14. The predicted octanol–water partition coefficient (Wildman–Crippen LogP) is 3.59. The lowest BCUT2D eigenvalue weighted by atomic mass is 10.1. The van der Waals surface area contributed by atoms with Crippen LogP contribution in [0.1, 0.15) is 37.3 Å². The van der Waals surface area contributed by atoms with Crippen molar-refractivity contribution < 1.29 is 8.42 Å². The van der Waals surface area contributed by atoms with Crippen LogP contribution in [0.5, 0.6) is 0 Å². The first kappa shape index (κ1) is 18.5. The van der Waals surface area contributed by atoms with Gasteiger partial charge in [-0.05, 0) is 79.3 Å². The molecule has 1 rings (SSSR count). The second kappa shape index (κ2) is 8.76. The van der Waals surface area contributed by atoms with E-state index < -0.39 is 10.0 Å². The third-order valence-corrected chi connectivity index (χ3v) is 5.10. The maximum absolute atomic E-state index is 12.1. The van der Waals surface area contributed by atoms with Crippen LogP contribution >= 0.6 is 15.9 Å². The molecule has 6 heteroatoms. The third kappa shape index (κ3) is 6.80. The standard InChI is InChI=1S/C15H25BrN2O2S/c1-4-7-17-8-5-6-9-21(19,20)18-15-13(3)10-12(2)11-14(15)16/h10-11,17-18H,4-9H2,1-3H3. The number of anilines is 1. The van der Waals surface area contributed by atoms with E-state index in [1.807, 2.05) is 26.0 Å². The van der Waals surface area contributed by atoms with Crippen molar-refractivity contribution in [3.63, 3.8) is 0 Å². The molecule has 0 fully saturated rings. The van der Waals surface area contributed by atoms with Gasteiger partial charge in [-0.1, -0.05) is 13.0 Å². The fourth-order valence-corrected chi connectivity index (χ4v) is 4.27. The Bertz CT molecular complexity index is 536. The Kier molecular flexibility index (Phi) is 7.70.